The molecule has 0 amide bonds. The van der Waals surface area contributed by atoms with Gasteiger partial charge in [0, 0.05) is 12.0 Å². The fourth-order valence-electron chi connectivity index (χ4n) is 2.50. The van der Waals surface area contributed by atoms with Crippen LogP contribution < -0.4 is 5.32 Å². The summed E-state index contributed by atoms with van der Waals surface area (Å²) in [6.07, 6.45) is 1.13. The van der Waals surface area contributed by atoms with Crippen LogP contribution in [0.1, 0.15) is 52.8 Å². The summed E-state index contributed by atoms with van der Waals surface area (Å²) < 4.78 is 3.31. The van der Waals surface area contributed by atoms with Crippen molar-refractivity contribution in [1.82, 2.24) is 9.78 Å². The molecular formula is C13H22BrN3. The lowest BCUT2D eigenvalue weighted by Gasteiger charge is -2.30. The number of nitrogens with zero attached hydrogens (tertiary/aromatic N) is 2. The molecule has 0 saturated carbocycles. The molecule has 0 aromatic carbocycles. The zero-order valence-corrected chi connectivity index (χ0v) is 12.9. The summed E-state index contributed by atoms with van der Waals surface area (Å²) in [5.74, 6) is 1.78. The van der Waals surface area contributed by atoms with Gasteiger partial charge in [-0.25, -0.2) is 4.68 Å². The van der Waals surface area contributed by atoms with E-state index in [1.54, 1.807) is 0 Å². The molecule has 1 N–H and O–H groups in total. The third-order valence-corrected chi connectivity index (χ3v) is 4.29. The molecule has 3 nitrogen and oxygen atoms in total. The van der Waals surface area contributed by atoms with Crippen LogP contribution in [0, 0.1) is 5.92 Å². The van der Waals surface area contributed by atoms with Crippen LogP contribution in [0.3, 0.4) is 0 Å². The van der Waals surface area contributed by atoms with Crippen LogP contribution in [0.4, 0.5) is 5.82 Å². The molecular weight excluding hydrogens is 278 g/mol. The number of rotatable bonds is 1. The van der Waals surface area contributed by atoms with E-state index >= 15 is 0 Å². The van der Waals surface area contributed by atoms with Gasteiger partial charge in [-0.3, -0.25) is 0 Å². The van der Waals surface area contributed by atoms with Crippen LogP contribution in [0.15, 0.2) is 4.47 Å². The van der Waals surface area contributed by atoms with E-state index in [-0.39, 0.29) is 5.41 Å². The highest BCUT2D eigenvalue weighted by Gasteiger charge is 2.32. The largest absolute Gasteiger partial charge is 0.369 e. The van der Waals surface area contributed by atoms with Gasteiger partial charge in [0.15, 0.2) is 0 Å². The Morgan fingerprint density at radius 1 is 1.47 bits per heavy atom. The molecule has 2 unspecified atom stereocenters. The Kier molecular flexibility index (Phi) is 3.27. The first-order valence-corrected chi connectivity index (χ1v) is 7.18. The highest BCUT2D eigenvalue weighted by molar-refractivity contribution is 9.10. The molecule has 2 atom stereocenters. The van der Waals surface area contributed by atoms with E-state index in [2.05, 4.69) is 60.5 Å². The fraction of sp³-hybridized carbons (Fsp3) is 0.769. The van der Waals surface area contributed by atoms with Crippen LogP contribution in [-0.2, 0) is 5.41 Å². The molecule has 2 heterocycles. The van der Waals surface area contributed by atoms with Gasteiger partial charge in [-0.2, -0.15) is 5.10 Å². The van der Waals surface area contributed by atoms with Gasteiger partial charge >= 0.3 is 0 Å². The summed E-state index contributed by atoms with van der Waals surface area (Å²) in [5.41, 5.74) is 1.22. The maximum Gasteiger partial charge on any atom is 0.139 e. The first kappa shape index (κ1) is 12.9. The van der Waals surface area contributed by atoms with E-state index in [9.17, 15) is 0 Å². The van der Waals surface area contributed by atoms with Gasteiger partial charge in [0.25, 0.3) is 0 Å². The molecule has 1 aromatic rings. The SMILES string of the molecule is CCC1C(C)CNc2c(Br)c(C(C)(C)C)nn21. The number of hydrogen-bond acceptors (Lipinski definition) is 2. The predicted octanol–water partition coefficient (Wildman–Crippen LogP) is 3.96. The molecule has 1 aromatic heterocycles. The van der Waals surface area contributed by atoms with Gasteiger partial charge in [-0.05, 0) is 28.3 Å². The highest BCUT2D eigenvalue weighted by Crippen LogP contribution is 2.40. The van der Waals surface area contributed by atoms with Gasteiger partial charge < -0.3 is 5.32 Å². The zero-order chi connectivity index (χ0) is 12.8. The molecule has 0 spiro atoms. The minimum absolute atomic E-state index is 0.0758. The second kappa shape index (κ2) is 4.30. The van der Waals surface area contributed by atoms with Crippen LogP contribution in [0.25, 0.3) is 0 Å². The molecule has 0 fully saturated rings. The van der Waals surface area contributed by atoms with Gasteiger partial charge in [0.05, 0.1) is 16.2 Å². The molecule has 96 valence electrons. The molecule has 1 aliphatic heterocycles. The number of nitrogens with one attached hydrogen (secondary N) is 1. The van der Waals surface area contributed by atoms with Crippen molar-refractivity contribution < 1.29 is 0 Å². The summed E-state index contributed by atoms with van der Waals surface area (Å²) in [6.45, 7) is 12.2. The third-order valence-electron chi connectivity index (χ3n) is 3.54. The monoisotopic (exact) mass is 299 g/mol. The van der Waals surface area contributed by atoms with Crippen molar-refractivity contribution in [1.29, 1.82) is 0 Å². The van der Waals surface area contributed by atoms with E-state index in [1.807, 2.05) is 0 Å². The van der Waals surface area contributed by atoms with Crippen molar-refractivity contribution in [3.05, 3.63) is 10.2 Å². The fourth-order valence-corrected chi connectivity index (χ4v) is 3.50. The zero-order valence-electron chi connectivity index (χ0n) is 11.3. The lowest BCUT2D eigenvalue weighted by Crippen LogP contribution is -2.31. The molecule has 0 bridgehead atoms. The Hall–Kier alpha value is -0.510. The number of aromatic nitrogens is 2. The lowest BCUT2D eigenvalue weighted by molar-refractivity contribution is 0.309. The van der Waals surface area contributed by atoms with Crippen molar-refractivity contribution in [3.8, 4) is 0 Å². The summed E-state index contributed by atoms with van der Waals surface area (Å²) in [4.78, 5) is 0. The molecule has 17 heavy (non-hydrogen) atoms. The number of fused-ring (bicyclic) bond motifs is 1. The van der Waals surface area contributed by atoms with Crippen molar-refractivity contribution in [2.75, 3.05) is 11.9 Å². The minimum Gasteiger partial charge on any atom is -0.369 e. The van der Waals surface area contributed by atoms with Crippen molar-refractivity contribution in [2.24, 2.45) is 5.92 Å². The average molecular weight is 300 g/mol. The number of hydrogen-bond donors (Lipinski definition) is 1. The average Bonchev–Trinajstić information content (AvgIpc) is 2.56. The van der Waals surface area contributed by atoms with E-state index in [0.717, 1.165) is 29.0 Å². The third kappa shape index (κ3) is 2.12. The molecule has 0 aliphatic carbocycles. The summed E-state index contributed by atoms with van der Waals surface area (Å²) in [7, 11) is 0. The van der Waals surface area contributed by atoms with Gasteiger partial charge in [0.1, 0.15) is 5.82 Å². The van der Waals surface area contributed by atoms with E-state index in [4.69, 9.17) is 5.10 Å². The Labute approximate surface area is 112 Å². The smallest absolute Gasteiger partial charge is 0.139 e. The molecule has 2 rings (SSSR count). The van der Waals surface area contributed by atoms with E-state index in [1.165, 1.54) is 0 Å². The Morgan fingerprint density at radius 2 is 2.12 bits per heavy atom. The summed E-state index contributed by atoms with van der Waals surface area (Å²) >= 11 is 3.70. The molecule has 4 heteroatoms. The minimum atomic E-state index is 0.0758. The standard InChI is InChI=1S/C13H22BrN3/c1-6-9-8(2)7-15-12-10(14)11(13(3,4)5)16-17(9)12/h8-9,15H,6-7H2,1-5H3. The van der Waals surface area contributed by atoms with Crippen molar-refractivity contribution in [3.63, 3.8) is 0 Å². The van der Waals surface area contributed by atoms with E-state index in [0.29, 0.717) is 12.0 Å². The Balaban J connectivity index is 2.51. The van der Waals surface area contributed by atoms with Gasteiger partial charge in [-0.15, -0.1) is 0 Å². The second-order valence-electron chi connectivity index (χ2n) is 6.04. The maximum atomic E-state index is 4.83. The van der Waals surface area contributed by atoms with Crippen LogP contribution in [-0.4, -0.2) is 16.3 Å². The molecule has 1 aliphatic rings. The van der Waals surface area contributed by atoms with Gasteiger partial charge in [-0.1, -0.05) is 34.6 Å². The second-order valence-corrected chi connectivity index (χ2v) is 6.83. The van der Waals surface area contributed by atoms with Crippen molar-refractivity contribution >= 4 is 21.7 Å². The Morgan fingerprint density at radius 3 is 2.65 bits per heavy atom. The first-order valence-electron chi connectivity index (χ1n) is 6.38. The first-order chi connectivity index (χ1) is 7.86. The lowest BCUT2D eigenvalue weighted by atomic mass is 9.92. The summed E-state index contributed by atoms with van der Waals surface area (Å²) in [5, 5.41) is 8.32. The molecule has 0 saturated heterocycles. The number of anilines is 1. The van der Waals surface area contributed by atoms with Crippen LogP contribution >= 0.6 is 15.9 Å². The maximum absolute atomic E-state index is 4.83. The van der Waals surface area contributed by atoms with Crippen LogP contribution in [0.2, 0.25) is 0 Å². The normalized spacial score (nSPS) is 24.4. The van der Waals surface area contributed by atoms with Gasteiger partial charge in [0.2, 0.25) is 0 Å². The highest BCUT2D eigenvalue weighted by atomic mass is 79.9. The molecule has 0 radical (unpaired) electrons. The quantitative estimate of drug-likeness (QED) is 0.851. The predicted molar refractivity (Wildman–Crippen MR) is 75.6 cm³/mol. The van der Waals surface area contributed by atoms with E-state index < -0.39 is 0 Å². The topological polar surface area (TPSA) is 29.9 Å². The summed E-state index contributed by atoms with van der Waals surface area (Å²) in [6, 6.07) is 0.513. The number of halogens is 1. The Bertz CT molecular complexity index is 417. The van der Waals surface area contributed by atoms with Crippen LogP contribution in [0.5, 0.6) is 0 Å². The van der Waals surface area contributed by atoms with Crippen molar-refractivity contribution in [2.45, 2.75) is 52.5 Å².